The number of nitriles is 1. The van der Waals surface area contributed by atoms with Crippen molar-refractivity contribution in [2.45, 2.75) is 11.8 Å². The van der Waals surface area contributed by atoms with E-state index in [2.05, 4.69) is 0 Å². The van der Waals surface area contributed by atoms with Crippen LogP contribution in [-0.2, 0) is 14.6 Å². The van der Waals surface area contributed by atoms with Crippen molar-refractivity contribution in [3.8, 4) is 6.07 Å². The van der Waals surface area contributed by atoms with E-state index in [4.69, 9.17) is 10.00 Å². The number of sulfone groups is 1. The first-order valence-corrected chi connectivity index (χ1v) is 6.63. The highest BCUT2D eigenvalue weighted by molar-refractivity contribution is 7.95. The maximum Gasteiger partial charge on any atom is 0.288 e. The summed E-state index contributed by atoms with van der Waals surface area (Å²) in [4.78, 5) is 8.77. The summed E-state index contributed by atoms with van der Waals surface area (Å²) < 4.78 is 29.0. The van der Waals surface area contributed by atoms with Crippen molar-refractivity contribution in [1.29, 1.82) is 5.26 Å². The van der Waals surface area contributed by atoms with E-state index < -0.39 is 30.2 Å². The number of benzene rings is 1. The van der Waals surface area contributed by atoms with Crippen molar-refractivity contribution in [2.75, 3.05) is 6.61 Å². The molecule has 0 aliphatic heterocycles. The number of nitrogens with zero attached hydrogens (tertiary/aromatic N) is 2. The molecule has 100 valence electrons. The van der Waals surface area contributed by atoms with Gasteiger partial charge in [0, 0.05) is 6.07 Å². The molecule has 8 heteroatoms. The van der Waals surface area contributed by atoms with Crippen molar-refractivity contribution < 1.29 is 18.1 Å². The molecule has 0 fully saturated rings. The Kier molecular flexibility index (Phi) is 4.61. The van der Waals surface area contributed by atoms with E-state index in [1.807, 2.05) is 0 Å². The zero-order valence-electron chi connectivity index (χ0n) is 9.94. The van der Waals surface area contributed by atoms with Crippen LogP contribution in [0.15, 0.2) is 40.3 Å². The van der Waals surface area contributed by atoms with Crippen molar-refractivity contribution in [1.82, 2.24) is 0 Å². The van der Waals surface area contributed by atoms with Crippen LogP contribution < -0.4 is 0 Å². The van der Waals surface area contributed by atoms with Crippen LogP contribution in [0.25, 0.3) is 0 Å². The molecule has 0 saturated heterocycles. The lowest BCUT2D eigenvalue weighted by Crippen LogP contribution is -2.07. The van der Waals surface area contributed by atoms with Gasteiger partial charge in [-0.2, -0.15) is 5.26 Å². The molecule has 0 aliphatic carbocycles. The Bertz CT molecular complexity index is 658. The van der Waals surface area contributed by atoms with Crippen LogP contribution in [0.5, 0.6) is 0 Å². The lowest BCUT2D eigenvalue weighted by Gasteiger charge is -2.03. The largest absolute Gasteiger partial charge is 0.499 e. The van der Waals surface area contributed by atoms with Gasteiger partial charge in [0.05, 0.1) is 11.5 Å². The Balaban J connectivity index is 3.44. The van der Waals surface area contributed by atoms with Crippen molar-refractivity contribution in [2.24, 2.45) is 0 Å². The van der Waals surface area contributed by atoms with E-state index in [-0.39, 0.29) is 6.61 Å². The summed E-state index contributed by atoms with van der Waals surface area (Å²) in [5.74, 6) is 0. The van der Waals surface area contributed by atoms with Crippen molar-refractivity contribution in [3.05, 3.63) is 45.5 Å². The summed E-state index contributed by atoms with van der Waals surface area (Å²) in [6, 6.07) is 6.28. The second kappa shape index (κ2) is 5.97. The quantitative estimate of drug-likeness (QED) is 0.352. The van der Waals surface area contributed by atoms with Gasteiger partial charge in [-0.1, -0.05) is 12.1 Å². The van der Waals surface area contributed by atoms with Crippen molar-refractivity contribution >= 4 is 15.5 Å². The lowest BCUT2D eigenvalue weighted by atomic mass is 10.3. The van der Waals surface area contributed by atoms with Crippen LogP contribution >= 0.6 is 0 Å². The molecule has 0 bridgehead atoms. The second-order valence-corrected chi connectivity index (χ2v) is 5.16. The molecule has 0 heterocycles. The summed E-state index contributed by atoms with van der Waals surface area (Å²) in [6.45, 7) is 1.79. The van der Waals surface area contributed by atoms with Gasteiger partial charge in [-0.25, -0.2) is 8.42 Å². The van der Waals surface area contributed by atoms with Crippen LogP contribution in [0.2, 0.25) is 0 Å². The number of para-hydroxylation sites is 1. The number of hydrogen-bond acceptors (Lipinski definition) is 6. The van der Waals surface area contributed by atoms with Gasteiger partial charge in [-0.15, -0.1) is 0 Å². The summed E-state index contributed by atoms with van der Waals surface area (Å²) in [5.41, 5.74) is -0.583. The van der Waals surface area contributed by atoms with Gasteiger partial charge < -0.3 is 4.74 Å². The minimum absolute atomic E-state index is 0.178. The number of nitro groups is 1. The molecule has 0 aliphatic rings. The Morgan fingerprint density at radius 2 is 2.16 bits per heavy atom. The monoisotopic (exact) mass is 282 g/mol. The van der Waals surface area contributed by atoms with E-state index in [9.17, 15) is 18.5 Å². The highest BCUT2D eigenvalue weighted by Gasteiger charge is 2.29. The zero-order chi connectivity index (χ0) is 14.5. The number of ether oxygens (including phenoxy) is 1. The molecule has 19 heavy (non-hydrogen) atoms. The van der Waals surface area contributed by atoms with E-state index in [0.29, 0.717) is 0 Å². The predicted molar refractivity (Wildman–Crippen MR) is 65.6 cm³/mol. The van der Waals surface area contributed by atoms with Gasteiger partial charge in [0.1, 0.15) is 17.2 Å². The summed E-state index contributed by atoms with van der Waals surface area (Å²) in [7, 11) is -4.27. The fourth-order valence-corrected chi connectivity index (χ4v) is 2.49. The van der Waals surface area contributed by atoms with E-state index in [1.54, 1.807) is 6.92 Å². The normalized spacial score (nSPS) is 11.7. The Morgan fingerprint density at radius 1 is 1.53 bits per heavy atom. The molecule has 0 spiro atoms. The molecule has 0 N–H and O–H groups in total. The fraction of sp³-hybridized carbons (Fsp3) is 0.182. The minimum atomic E-state index is -4.27. The van der Waals surface area contributed by atoms with Gasteiger partial charge >= 0.3 is 0 Å². The second-order valence-electron chi connectivity index (χ2n) is 3.28. The van der Waals surface area contributed by atoms with Crippen LogP contribution in [0.3, 0.4) is 0 Å². The minimum Gasteiger partial charge on any atom is -0.499 e. The Hall–Kier alpha value is -2.40. The predicted octanol–water partition coefficient (Wildman–Crippen LogP) is 1.77. The smallest absolute Gasteiger partial charge is 0.288 e. The third kappa shape index (κ3) is 3.08. The molecule has 0 unspecified atom stereocenters. The maximum absolute atomic E-state index is 12.1. The van der Waals surface area contributed by atoms with Gasteiger partial charge in [0.15, 0.2) is 4.91 Å². The third-order valence-corrected chi connectivity index (χ3v) is 3.80. The standard InChI is InChI=1S/C11H10N2O5S/c1-2-18-8-9(7-12)19(16,17)11-6-4-3-5-10(11)13(14)15/h3-6,8H,2H2,1H3/b9-8+. The molecule has 0 atom stereocenters. The summed E-state index contributed by atoms with van der Waals surface area (Å²) in [6.07, 6.45) is 0.784. The molecule has 1 rings (SSSR count). The highest BCUT2D eigenvalue weighted by Crippen LogP contribution is 2.27. The number of hydrogen-bond donors (Lipinski definition) is 0. The third-order valence-electron chi connectivity index (χ3n) is 2.11. The van der Waals surface area contributed by atoms with E-state index in [0.717, 1.165) is 18.4 Å². The topological polar surface area (TPSA) is 110 Å². The number of allylic oxidation sites excluding steroid dienone is 1. The van der Waals surface area contributed by atoms with Crippen LogP contribution in [-0.4, -0.2) is 19.9 Å². The average Bonchev–Trinajstić information content (AvgIpc) is 2.39. The number of rotatable bonds is 5. The van der Waals surface area contributed by atoms with Gasteiger partial charge in [0.2, 0.25) is 9.84 Å². The molecule has 1 aromatic carbocycles. The summed E-state index contributed by atoms with van der Waals surface area (Å²) in [5, 5.41) is 19.6. The SMILES string of the molecule is CCO/C=C(\C#N)S(=O)(=O)c1ccccc1[N+](=O)[O-]. The van der Waals surface area contributed by atoms with Gasteiger partial charge in [-0.05, 0) is 13.0 Å². The Morgan fingerprint density at radius 3 is 2.68 bits per heavy atom. The average molecular weight is 282 g/mol. The fourth-order valence-electron chi connectivity index (χ4n) is 1.26. The van der Waals surface area contributed by atoms with Crippen molar-refractivity contribution in [3.63, 3.8) is 0 Å². The summed E-state index contributed by atoms with van der Waals surface area (Å²) >= 11 is 0. The molecule has 7 nitrogen and oxygen atoms in total. The first-order valence-electron chi connectivity index (χ1n) is 5.15. The molecule has 1 aromatic rings. The molecular formula is C11H10N2O5S. The van der Waals surface area contributed by atoms with Crippen LogP contribution in [0.1, 0.15) is 6.92 Å². The first-order chi connectivity index (χ1) is 8.95. The van der Waals surface area contributed by atoms with E-state index in [1.165, 1.54) is 18.2 Å². The number of nitro benzene ring substituents is 1. The molecule has 0 saturated carbocycles. The lowest BCUT2D eigenvalue weighted by molar-refractivity contribution is -0.387. The van der Waals surface area contributed by atoms with Gasteiger partial charge in [0.25, 0.3) is 5.69 Å². The van der Waals surface area contributed by atoms with Gasteiger partial charge in [-0.3, -0.25) is 10.1 Å². The molecule has 0 radical (unpaired) electrons. The molecule has 0 amide bonds. The van der Waals surface area contributed by atoms with Crippen LogP contribution in [0.4, 0.5) is 5.69 Å². The maximum atomic E-state index is 12.1. The van der Waals surface area contributed by atoms with Crippen LogP contribution in [0, 0.1) is 21.4 Å². The highest BCUT2D eigenvalue weighted by atomic mass is 32.2. The zero-order valence-corrected chi connectivity index (χ0v) is 10.8. The molecular weight excluding hydrogens is 272 g/mol. The Labute approximate surface area is 109 Å². The molecule has 0 aromatic heterocycles. The van der Waals surface area contributed by atoms with E-state index >= 15 is 0 Å². The first kappa shape index (κ1) is 14.7.